The normalized spacial score (nSPS) is 22.3. The number of rotatable bonds is 6. The minimum Gasteiger partial charge on any atom is -0.497 e. The van der Waals surface area contributed by atoms with Gasteiger partial charge >= 0.3 is 0 Å². The van der Waals surface area contributed by atoms with Gasteiger partial charge in [-0.15, -0.1) is 0 Å². The fourth-order valence-corrected chi connectivity index (χ4v) is 3.22. The van der Waals surface area contributed by atoms with Gasteiger partial charge in [0.2, 0.25) is 0 Å². The van der Waals surface area contributed by atoms with Gasteiger partial charge in [-0.1, -0.05) is 13.3 Å². The molecule has 116 valence electrons. The maximum absolute atomic E-state index is 12.3. The minimum absolute atomic E-state index is 0.192. The van der Waals surface area contributed by atoms with Crippen molar-refractivity contribution in [1.82, 2.24) is 4.90 Å². The Kier molecular flexibility index (Phi) is 5.80. The van der Waals surface area contributed by atoms with Gasteiger partial charge in [0.15, 0.2) is 5.78 Å². The van der Waals surface area contributed by atoms with Crippen molar-refractivity contribution in [1.29, 1.82) is 0 Å². The van der Waals surface area contributed by atoms with E-state index in [1.807, 2.05) is 24.3 Å². The predicted molar refractivity (Wildman–Crippen MR) is 86.0 cm³/mol. The number of Topliss-reactive ketones (excluding diaryl/α,β-unsaturated/α-hetero) is 1. The number of hydrogen-bond donors (Lipinski definition) is 0. The first-order valence-corrected chi connectivity index (χ1v) is 8.01. The summed E-state index contributed by atoms with van der Waals surface area (Å²) in [5.41, 5.74) is 0.768. The van der Waals surface area contributed by atoms with Gasteiger partial charge in [0, 0.05) is 11.6 Å². The van der Waals surface area contributed by atoms with E-state index in [4.69, 9.17) is 4.74 Å². The molecule has 0 amide bonds. The molecule has 0 bridgehead atoms. The van der Waals surface area contributed by atoms with Crippen molar-refractivity contribution >= 4 is 5.78 Å². The molecule has 0 saturated heterocycles. The summed E-state index contributed by atoms with van der Waals surface area (Å²) in [5, 5.41) is 0. The summed E-state index contributed by atoms with van der Waals surface area (Å²) in [6, 6.07) is 7.96. The van der Waals surface area contributed by atoms with Crippen molar-refractivity contribution in [2.75, 3.05) is 20.7 Å². The third-order valence-corrected chi connectivity index (χ3v) is 4.82. The lowest BCUT2D eigenvalue weighted by atomic mass is 9.84. The largest absolute Gasteiger partial charge is 0.497 e. The summed E-state index contributed by atoms with van der Waals surface area (Å²) in [6.07, 6.45) is 6.36. The van der Waals surface area contributed by atoms with Crippen LogP contribution in [-0.4, -0.2) is 37.4 Å². The fraction of sp³-hybridized carbons (Fsp3) is 0.611. The summed E-state index contributed by atoms with van der Waals surface area (Å²) in [6.45, 7) is 2.79. The SMILES string of the molecule is CCC1CCC(N(C)CC(=O)c2ccc(OC)cc2)CC1. The van der Waals surface area contributed by atoms with Gasteiger partial charge in [-0.3, -0.25) is 9.69 Å². The molecule has 1 aliphatic carbocycles. The molecule has 1 saturated carbocycles. The fourth-order valence-electron chi connectivity index (χ4n) is 3.22. The number of nitrogens with zero attached hydrogens (tertiary/aromatic N) is 1. The second kappa shape index (κ2) is 7.60. The van der Waals surface area contributed by atoms with Crippen LogP contribution in [0.25, 0.3) is 0 Å². The molecular formula is C18H27NO2. The topological polar surface area (TPSA) is 29.5 Å². The summed E-state index contributed by atoms with van der Waals surface area (Å²) in [7, 11) is 3.72. The van der Waals surface area contributed by atoms with Crippen molar-refractivity contribution in [2.24, 2.45) is 5.92 Å². The molecule has 1 aromatic rings. The van der Waals surface area contributed by atoms with Crippen LogP contribution in [0.15, 0.2) is 24.3 Å². The summed E-state index contributed by atoms with van der Waals surface area (Å²) < 4.78 is 5.12. The molecule has 0 radical (unpaired) electrons. The Hall–Kier alpha value is -1.35. The van der Waals surface area contributed by atoms with E-state index in [0.29, 0.717) is 12.6 Å². The number of ketones is 1. The van der Waals surface area contributed by atoms with Crippen molar-refractivity contribution in [3.05, 3.63) is 29.8 Å². The van der Waals surface area contributed by atoms with Crippen LogP contribution >= 0.6 is 0 Å². The van der Waals surface area contributed by atoms with Crippen molar-refractivity contribution in [2.45, 2.75) is 45.1 Å². The number of ether oxygens (including phenoxy) is 1. The summed E-state index contributed by atoms with van der Waals surface area (Å²) in [4.78, 5) is 14.6. The summed E-state index contributed by atoms with van der Waals surface area (Å²) >= 11 is 0. The lowest BCUT2D eigenvalue weighted by Crippen LogP contribution is -2.38. The Balaban J connectivity index is 1.86. The van der Waals surface area contributed by atoms with E-state index < -0.39 is 0 Å². The van der Waals surface area contributed by atoms with E-state index in [9.17, 15) is 4.79 Å². The molecule has 0 spiro atoms. The molecule has 3 heteroatoms. The number of carbonyl (C=O) groups excluding carboxylic acids is 1. The molecule has 1 aliphatic rings. The third-order valence-electron chi connectivity index (χ3n) is 4.82. The van der Waals surface area contributed by atoms with Crippen LogP contribution in [0.1, 0.15) is 49.4 Å². The van der Waals surface area contributed by atoms with Crippen molar-refractivity contribution < 1.29 is 9.53 Å². The van der Waals surface area contributed by atoms with E-state index in [0.717, 1.165) is 17.2 Å². The second-order valence-electron chi connectivity index (χ2n) is 6.15. The standard InChI is InChI=1S/C18H27NO2/c1-4-14-5-9-16(10-6-14)19(2)13-18(20)15-7-11-17(21-3)12-8-15/h7-8,11-12,14,16H,4-6,9-10,13H2,1-3H3. The maximum atomic E-state index is 12.3. The molecule has 0 unspecified atom stereocenters. The van der Waals surface area contributed by atoms with Gasteiger partial charge in [-0.05, 0) is 62.9 Å². The smallest absolute Gasteiger partial charge is 0.176 e. The third kappa shape index (κ3) is 4.31. The second-order valence-corrected chi connectivity index (χ2v) is 6.15. The average molecular weight is 289 g/mol. The van der Waals surface area contributed by atoms with E-state index in [-0.39, 0.29) is 5.78 Å². The molecule has 2 rings (SSSR count). The monoisotopic (exact) mass is 289 g/mol. The molecule has 0 aromatic heterocycles. The molecule has 1 fully saturated rings. The van der Waals surface area contributed by atoms with Crippen LogP contribution < -0.4 is 4.74 Å². The number of carbonyl (C=O) groups is 1. The van der Waals surface area contributed by atoms with Crippen molar-refractivity contribution in [3.63, 3.8) is 0 Å². The highest BCUT2D eigenvalue weighted by Crippen LogP contribution is 2.29. The predicted octanol–water partition coefficient (Wildman–Crippen LogP) is 3.78. The number of likely N-dealkylation sites (N-methyl/N-ethyl adjacent to an activating group) is 1. The van der Waals surface area contributed by atoms with Crippen molar-refractivity contribution in [3.8, 4) is 5.75 Å². The molecule has 0 heterocycles. The van der Waals surface area contributed by atoms with E-state index >= 15 is 0 Å². The molecule has 0 N–H and O–H groups in total. The quantitative estimate of drug-likeness (QED) is 0.746. The van der Waals surface area contributed by atoms with Gasteiger partial charge in [-0.2, -0.15) is 0 Å². The first-order chi connectivity index (χ1) is 10.1. The number of benzene rings is 1. The highest BCUT2D eigenvalue weighted by Gasteiger charge is 2.24. The van der Waals surface area contributed by atoms with Gasteiger partial charge in [0.05, 0.1) is 13.7 Å². The van der Waals surface area contributed by atoms with Crippen LogP contribution in [0.2, 0.25) is 0 Å². The van der Waals surface area contributed by atoms with Gasteiger partial charge in [-0.25, -0.2) is 0 Å². The Bertz CT molecular complexity index is 447. The highest BCUT2D eigenvalue weighted by atomic mass is 16.5. The Morgan fingerprint density at radius 3 is 2.33 bits per heavy atom. The molecular weight excluding hydrogens is 262 g/mol. The average Bonchev–Trinajstić information content (AvgIpc) is 2.55. The van der Waals surface area contributed by atoms with Gasteiger partial charge < -0.3 is 4.74 Å². The van der Waals surface area contributed by atoms with Crippen LogP contribution in [0.3, 0.4) is 0 Å². The van der Waals surface area contributed by atoms with Gasteiger partial charge in [0.1, 0.15) is 5.75 Å². The zero-order chi connectivity index (χ0) is 15.2. The molecule has 3 nitrogen and oxygen atoms in total. The van der Waals surface area contributed by atoms with Crippen LogP contribution in [0, 0.1) is 5.92 Å². The Morgan fingerprint density at radius 1 is 1.19 bits per heavy atom. The van der Waals surface area contributed by atoms with Crippen LogP contribution in [-0.2, 0) is 0 Å². The van der Waals surface area contributed by atoms with E-state index in [2.05, 4.69) is 18.9 Å². The van der Waals surface area contributed by atoms with Crippen LogP contribution in [0.5, 0.6) is 5.75 Å². The lowest BCUT2D eigenvalue weighted by molar-refractivity contribution is 0.0885. The maximum Gasteiger partial charge on any atom is 0.176 e. The highest BCUT2D eigenvalue weighted by molar-refractivity contribution is 5.97. The first kappa shape index (κ1) is 16.0. The molecule has 0 atom stereocenters. The zero-order valence-electron chi connectivity index (χ0n) is 13.5. The van der Waals surface area contributed by atoms with E-state index in [1.165, 1.54) is 32.1 Å². The molecule has 21 heavy (non-hydrogen) atoms. The van der Waals surface area contributed by atoms with E-state index in [1.54, 1.807) is 7.11 Å². The Morgan fingerprint density at radius 2 is 1.81 bits per heavy atom. The first-order valence-electron chi connectivity index (χ1n) is 8.01. The molecule has 1 aromatic carbocycles. The number of methoxy groups -OCH3 is 1. The molecule has 0 aliphatic heterocycles. The number of hydrogen-bond acceptors (Lipinski definition) is 3. The van der Waals surface area contributed by atoms with Gasteiger partial charge in [0.25, 0.3) is 0 Å². The van der Waals surface area contributed by atoms with Crippen LogP contribution in [0.4, 0.5) is 0 Å². The Labute approximate surface area is 128 Å². The minimum atomic E-state index is 0.192. The lowest BCUT2D eigenvalue weighted by Gasteiger charge is -2.34. The zero-order valence-corrected chi connectivity index (χ0v) is 13.5. The summed E-state index contributed by atoms with van der Waals surface area (Å²) in [5.74, 6) is 1.88.